The Morgan fingerprint density at radius 1 is 1.06 bits per heavy atom. The molecule has 7 heteroatoms. The summed E-state index contributed by atoms with van der Waals surface area (Å²) >= 11 is 12.8. The van der Waals surface area contributed by atoms with Crippen LogP contribution in [-0.4, -0.2) is 35.7 Å². The third-order valence-electron chi connectivity index (χ3n) is 6.16. The summed E-state index contributed by atoms with van der Waals surface area (Å²) in [5.74, 6) is 0.362. The van der Waals surface area contributed by atoms with E-state index in [1.807, 2.05) is 59.5 Å². The predicted octanol–water partition coefficient (Wildman–Crippen LogP) is 6.61. The SMILES string of the molecule is COc1cc(C(c2ccc(Cl)cc2Cl)N2CCCCC2C(=O)O)ccc1OCc1ccccc1. The maximum Gasteiger partial charge on any atom is 0.320 e. The fourth-order valence-corrected chi connectivity index (χ4v) is 5.02. The van der Waals surface area contributed by atoms with E-state index in [1.165, 1.54) is 0 Å². The molecular weight excluding hydrogens is 473 g/mol. The quantitative estimate of drug-likeness (QED) is 0.377. The number of carboxylic acids is 1. The molecule has 178 valence electrons. The van der Waals surface area contributed by atoms with Crippen molar-refractivity contribution >= 4 is 29.2 Å². The number of halogens is 2. The van der Waals surface area contributed by atoms with E-state index in [9.17, 15) is 9.90 Å². The molecule has 0 aliphatic carbocycles. The molecule has 2 unspecified atom stereocenters. The first-order valence-electron chi connectivity index (χ1n) is 11.3. The van der Waals surface area contributed by atoms with Crippen LogP contribution >= 0.6 is 23.2 Å². The van der Waals surface area contributed by atoms with Crippen LogP contribution < -0.4 is 9.47 Å². The Morgan fingerprint density at radius 3 is 2.56 bits per heavy atom. The first kappa shape index (κ1) is 24.4. The molecule has 5 nitrogen and oxygen atoms in total. The Hall–Kier alpha value is -2.73. The average molecular weight is 500 g/mol. The molecule has 0 amide bonds. The monoisotopic (exact) mass is 499 g/mol. The van der Waals surface area contributed by atoms with Gasteiger partial charge in [-0.25, -0.2) is 0 Å². The number of benzene rings is 3. The van der Waals surface area contributed by atoms with Crippen molar-refractivity contribution in [2.24, 2.45) is 0 Å². The maximum atomic E-state index is 12.1. The van der Waals surface area contributed by atoms with E-state index in [-0.39, 0.29) is 6.04 Å². The van der Waals surface area contributed by atoms with Gasteiger partial charge in [0.25, 0.3) is 0 Å². The van der Waals surface area contributed by atoms with Crippen molar-refractivity contribution < 1.29 is 19.4 Å². The normalized spacial score (nSPS) is 17.2. The molecule has 1 N–H and O–H groups in total. The minimum Gasteiger partial charge on any atom is -0.493 e. The second-order valence-corrected chi connectivity index (χ2v) is 9.18. The number of hydrogen-bond donors (Lipinski definition) is 1. The first-order valence-corrected chi connectivity index (χ1v) is 12.0. The van der Waals surface area contributed by atoms with E-state index in [4.69, 9.17) is 32.7 Å². The summed E-state index contributed by atoms with van der Waals surface area (Å²) in [6.07, 6.45) is 2.39. The lowest BCUT2D eigenvalue weighted by Gasteiger charge is -2.40. The fraction of sp³-hybridized carbons (Fsp3) is 0.296. The van der Waals surface area contributed by atoms with E-state index in [2.05, 4.69) is 0 Å². The molecule has 2 atom stereocenters. The third-order valence-corrected chi connectivity index (χ3v) is 6.72. The van der Waals surface area contributed by atoms with Crippen LogP contribution in [0.2, 0.25) is 10.0 Å². The van der Waals surface area contributed by atoms with Gasteiger partial charge in [0, 0.05) is 10.0 Å². The number of hydrogen-bond acceptors (Lipinski definition) is 4. The van der Waals surface area contributed by atoms with E-state index in [0.717, 1.165) is 29.5 Å². The molecule has 3 aromatic rings. The van der Waals surface area contributed by atoms with Crippen molar-refractivity contribution in [3.05, 3.63) is 93.5 Å². The lowest BCUT2D eigenvalue weighted by atomic mass is 9.91. The highest BCUT2D eigenvalue weighted by Gasteiger charge is 2.36. The summed E-state index contributed by atoms with van der Waals surface area (Å²) in [6, 6.07) is 20.0. The Labute approximate surface area is 209 Å². The van der Waals surface area contributed by atoms with Gasteiger partial charge in [0.2, 0.25) is 0 Å². The van der Waals surface area contributed by atoms with Crippen molar-refractivity contribution in [1.82, 2.24) is 4.90 Å². The molecule has 0 aromatic heterocycles. The summed E-state index contributed by atoms with van der Waals surface area (Å²) in [6.45, 7) is 1.06. The smallest absolute Gasteiger partial charge is 0.320 e. The number of likely N-dealkylation sites (tertiary alicyclic amines) is 1. The van der Waals surface area contributed by atoms with Crippen molar-refractivity contribution in [2.75, 3.05) is 13.7 Å². The molecule has 1 aliphatic heterocycles. The minimum absolute atomic E-state index is 0.372. The highest BCUT2D eigenvalue weighted by atomic mass is 35.5. The number of carboxylic acid groups (broad SMARTS) is 1. The van der Waals surface area contributed by atoms with Crippen molar-refractivity contribution in [2.45, 2.75) is 38.0 Å². The van der Waals surface area contributed by atoms with Gasteiger partial charge >= 0.3 is 5.97 Å². The second kappa shape index (κ2) is 11.1. The second-order valence-electron chi connectivity index (χ2n) is 8.34. The van der Waals surface area contributed by atoms with Crippen molar-refractivity contribution in [1.29, 1.82) is 0 Å². The summed E-state index contributed by atoms with van der Waals surface area (Å²) in [5, 5.41) is 11.0. The molecule has 0 radical (unpaired) electrons. The number of methoxy groups -OCH3 is 1. The zero-order valence-corrected chi connectivity index (χ0v) is 20.4. The van der Waals surface area contributed by atoms with Crippen molar-refractivity contribution in [3.8, 4) is 11.5 Å². The van der Waals surface area contributed by atoms with Gasteiger partial charge in [-0.15, -0.1) is 0 Å². The zero-order chi connectivity index (χ0) is 24.1. The number of piperidine rings is 1. The standard InChI is InChI=1S/C27H27Cl2NO4/c1-33-25-15-19(10-13-24(25)34-17-18-7-3-2-4-8-18)26(21-12-11-20(28)16-22(21)29)30-14-6-5-9-23(30)27(31)32/h2-4,7-8,10-13,15-16,23,26H,5-6,9,14,17H2,1H3,(H,31,32). The summed E-state index contributed by atoms with van der Waals surface area (Å²) in [7, 11) is 1.60. The van der Waals surface area contributed by atoms with Gasteiger partial charge < -0.3 is 14.6 Å². The third kappa shape index (κ3) is 5.49. The molecule has 1 aliphatic rings. The van der Waals surface area contributed by atoms with Gasteiger partial charge in [-0.1, -0.05) is 72.1 Å². The lowest BCUT2D eigenvalue weighted by Crippen LogP contribution is -2.46. The lowest BCUT2D eigenvalue weighted by molar-refractivity contribution is -0.145. The Balaban J connectivity index is 1.72. The van der Waals surface area contributed by atoms with Crippen LogP contribution in [0.1, 0.15) is 42.0 Å². The van der Waals surface area contributed by atoms with Gasteiger partial charge in [-0.05, 0) is 60.3 Å². The van der Waals surface area contributed by atoms with Crippen molar-refractivity contribution in [3.63, 3.8) is 0 Å². The van der Waals surface area contributed by atoms with Crippen LogP contribution in [0, 0.1) is 0 Å². The summed E-state index contributed by atoms with van der Waals surface area (Å²) < 4.78 is 11.7. The highest BCUT2D eigenvalue weighted by molar-refractivity contribution is 6.35. The van der Waals surface area contributed by atoms with E-state index in [0.29, 0.717) is 41.1 Å². The number of ether oxygens (including phenoxy) is 2. The molecule has 0 bridgehead atoms. The maximum absolute atomic E-state index is 12.1. The summed E-state index contributed by atoms with van der Waals surface area (Å²) in [5.41, 5.74) is 2.73. The zero-order valence-electron chi connectivity index (χ0n) is 18.9. The molecule has 4 rings (SSSR count). The number of nitrogens with zero attached hydrogens (tertiary/aromatic N) is 1. The Kier molecular flexibility index (Phi) is 7.99. The Morgan fingerprint density at radius 2 is 1.85 bits per heavy atom. The van der Waals surface area contributed by atoms with Crippen LogP contribution in [-0.2, 0) is 11.4 Å². The van der Waals surface area contributed by atoms with E-state index in [1.54, 1.807) is 19.2 Å². The molecule has 0 saturated carbocycles. The number of rotatable bonds is 8. The van der Waals surface area contributed by atoms with Gasteiger partial charge in [-0.3, -0.25) is 9.69 Å². The van der Waals surface area contributed by atoms with Crippen LogP contribution in [0.15, 0.2) is 66.7 Å². The minimum atomic E-state index is -0.829. The largest absolute Gasteiger partial charge is 0.493 e. The molecule has 1 saturated heterocycles. The predicted molar refractivity (Wildman–Crippen MR) is 134 cm³/mol. The molecule has 1 heterocycles. The van der Waals surface area contributed by atoms with Gasteiger partial charge in [0.15, 0.2) is 11.5 Å². The number of carbonyl (C=O) groups is 1. The number of aliphatic carboxylic acids is 1. The molecule has 34 heavy (non-hydrogen) atoms. The van der Waals surface area contributed by atoms with Gasteiger partial charge in [0.05, 0.1) is 13.2 Å². The van der Waals surface area contributed by atoms with Crippen LogP contribution in [0.4, 0.5) is 0 Å². The van der Waals surface area contributed by atoms with Gasteiger partial charge in [0.1, 0.15) is 12.6 Å². The highest BCUT2D eigenvalue weighted by Crippen LogP contribution is 2.41. The van der Waals surface area contributed by atoms with E-state index < -0.39 is 12.0 Å². The van der Waals surface area contributed by atoms with E-state index >= 15 is 0 Å². The van der Waals surface area contributed by atoms with Crippen LogP contribution in [0.5, 0.6) is 11.5 Å². The summed E-state index contributed by atoms with van der Waals surface area (Å²) in [4.78, 5) is 14.1. The van der Waals surface area contributed by atoms with Crippen LogP contribution in [0.25, 0.3) is 0 Å². The molecule has 0 spiro atoms. The van der Waals surface area contributed by atoms with Crippen LogP contribution in [0.3, 0.4) is 0 Å². The fourth-order valence-electron chi connectivity index (χ4n) is 4.51. The molecule has 1 fully saturated rings. The van der Waals surface area contributed by atoms with Gasteiger partial charge in [-0.2, -0.15) is 0 Å². The molecular formula is C27H27Cl2NO4. The Bertz CT molecular complexity index is 1140. The average Bonchev–Trinajstić information content (AvgIpc) is 2.85. The first-order chi connectivity index (χ1) is 16.5. The molecule has 3 aromatic carbocycles. The topological polar surface area (TPSA) is 59.0 Å².